The van der Waals surface area contributed by atoms with E-state index in [1.54, 1.807) is 11.8 Å². The quantitative estimate of drug-likeness (QED) is 0.819. The van der Waals surface area contributed by atoms with Gasteiger partial charge < -0.3 is 5.32 Å². The number of nitrogens with one attached hydrogen (secondary N) is 1. The Morgan fingerprint density at radius 1 is 1.29 bits per heavy atom. The van der Waals surface area contributed by atoms with Crippen LogP contribution in [0.1, 0.15) is 23.7 Å². The minimum atomic E-state index is -0.269. The summed E-state index contributed by atoms with van der Waals surface area (Å²) in [7, 11) is 0. The molecular formula is C14H15N3OS3. The molecule has 1 aliphatic carbocycles. The van der Waals surface area contributed by atoms with Gasteiger partial charge in [-0.3, -0.25) is 4.79 Å². The van der Waals surface area contributed by atoms with Gasteiger partial charge in [0.25, 0.3) is 0 Å². The summed E-state index contributed by atoms with van der Waals surface area (Å²) < 4.78 is 1.76. The predicted octanol–water partition coefficient (Wildman–Crippen LogP) is 3.37. The minimum Gasteiger partial charge on any atom is -0.352 e. The number of carbonyl (C=O) groups is 1. The van der Waals surface area contributed by atoms with Crippen LogP contribution in [0.15, 0.2) is 39.0 Å². The summed E-state index contributed by atoms with van der Waals surface area (Å²) in [5.74, 6) is 0.0644. The lowest BCUT2D eigenvalue weighted by Crippen LogP contribution is -2.29. The lowest BCUT2D eigenvalue weighted by molar-refractivity contribution is -0.120. The van der Waals surface area contributed by atoms with Crippen molar-refractivity contribution in [2.75, 3.05) is 6.26 Å². The molecule has 2 aromatic rings. The van der Waals surface area contributed by atoms with Gasteiger partial charge in [0.1, 0.15) is 5.25 Å². The lowest BCUT2D eigenvalue weighted by atomic mass is 10.1. The van der Waals surface area contributed by atoms with Crippen molar-refractivity contribution in [2.24, 2.45) is 0 Å². The van der Waals surface area contributed by atoms with E-state index < -0.39 is 0 Å². The van der Waals surface area contributed by atoms with Gasteiger partial charge in [0, 0.05) is 6.04 Å². The summed E-state index contributed by atoms with van der Waals surface area (Å²) in [5, 5.41) is 11.1. The molecule has 1 aromatic heterocycles. The number of amides is 1. The van der Waals surface area contributed by atoms with Crippen LogP contribution in [-0.2, 0) is 4.79 Å². The minimum absolute atomic E-state index is 0.0644. The highest BCUT2D eigenvalue weighted by molar-refractivity contribution is 8.03. The molecule has 7 heteroatoms. The van der Waals surface area contributed by atoms with E-state index in [1.807, 2.05) is 36.6 Å². The third-order valence-corrected chi connectivity index (χ3v) is 6.28. The zero-order chi connectivity index (χ0) is 14.7. The van der Waals surface area contributed by atoms with Crippen LogP contribution in [0.25, 0.3) is 0 Å². The zero-order valence-electron chi connectivity index (χ0n) is 11.5. The molecule has 1 aliphatic rings. The third kappa shape index (κ3) is 3.99. The highest BCUT2D eigenvalue weighted by Crippen LogP contribution is 2.38. The van der Waals surface area contributed by atoms with Gasteiger partial charge in [-0.2, -0.15) is 0 Å². The Balaban J connectivity index is 1.79. The van der Waals surface area contributed by atoms with E-state index in [2.05, 4.69) is 15.5 Å². The first-order chi connectivity index (χ1) is 10.3. The second-order valence-electron chi connectivity index (χ2n) is 4.73. The summed E-state index contributed by atoms with van der Waals surface area (Å²) in [6.07, 6.45) is 4.16. The van der Waals surface area contributed by atoms with E-state index in [-0.39, 0.29) is 11.2 Å². The Morgan fingerprint density at radius 2 is 2.00 bits per heavy atom. The molecule has 4 nitrogen and oxygen atoms in total. The number of nitrogens with zero attached hydrogens (tertiary/aromatic N) is 2. The molecule has 0 radical (unpaired) electrons. The van der Waals surface area contributed by atoms with Crippen LogP contribution in [0, 0.1) is 0 Å². The van der Waals surface area contributed by atoms with E-state index in [1.165, 1.54) is 23.1 Å². The molecule has 0 spiro atoms. The highest BCUT2D eigenvalue weighted by Gasteiger charge is 2.29. The van der Waals surface area contributed by atoms with Crippen LogP contribution in [0.2, 0.25) is 0 Å². The van der Waals surface area contributed by atoms with Crippen LogP contribution in [-0.4, -0.2) is 28.4 Å². The van der Waals surface area contributed by atoms with E-state index in [0.29, 0.717) is 6.04 Å². The molecule has 1 saturated carbocycles. The van der Waals surface area contributed by atoms with Crippen molar-refractivity contribution in [1.29, 1.82) is 0 Å². The fraction of sp³-hybridized carbons (Fsp3) is 0.357. The first-order valence-electron chi connectivity index (χ1n) is 6.65. The summed E-state index contributed by atoms with van der Waals surface area (Å²) >= 11 is 4.58. The number of rotatable bonds is 6. The van der Waals surface area contributed by atoms with Gasteiger partial charge in [-0.1, -0.05) is 65.2 Å². The summed E-state index contributed by atoms with van der Waals surface area (Å²) in [6.45, 7) is 0. The van der Waals surface area contributed by atoms with Crippen LogP contribution >= 0.6 is 34.9 Å². The topological polar surface area (TPSA) is 54.9 Å². The molecule has 0 unspecified atom stereocenters. The van der Waals surface area contributed by atoms with Crippen molar-refractivity contribution in [2.45, 2.75) is 32.8 Å². The SMILES string of the molecule is CSc1nnc(S[C@H](C(=O)NC2CC2)c2ccccc2)s1. The second-order valence-corrected chi connectivity index (χ2v) is 8.11. The van der Waals surface area contributed by atoms with Gasteiger partial charge in [-0.05, 0) is 24.7 Å². The molecule has 110 valence electrons. The van der Waals surface area contributed by atoms with Gasteiger partial charge in [0.2, 0.25) is 5.91 Å². The summed E-state index contributed by atoms with van der Waals surface area (Å²) in [6, 6.07) is 10.2. The zero-order valence-corrected chi connectivity index (χ0v) is 13.9. The van der Waals surface area contributed by atoms with Crippen molar-refractivity contribution in [1.82, 2.24) is 15.5 Å². The van der Waals surface area contributed by atoms with E-state index in [9.17, 15) is 4.79 Å². The first kappa shape index (κ1) is 14.9. The molecule has 1 aromatic carbocycles. The molecular weight excluding hydrogens is 322 g/mol. The maximum Gasteiger partial charge on any atom is 0.238 e. The average Bonchev–Trinajstić information content (AvgIpc) is 3.21. The molecule has 3 rings (SSSR count). The van der Waals surface area contributed by atoms with Gasteiger partial charge in [0.05, 0.1) is 0 Å². The monoisotopic (exact) mass is 337 g/mol. The molecule has 1 amide bonds. The highest BCUT2D eigenvalue weighted by atomic mass is 32.2. The van der Waals surface area contributed by atoms with Gasteiger partial charge >= 0.3 is 0 Å². The van der Waals surface area contributed by atoms with Crippen LogP contribution in [0.5, 0.6) is 0 Å². The average molecular weight is 337 g/mol. The fourth-order valence-corrected chi connectivity index (χ4v) is 4.47. The predicted molar refractivity (Wildman–Crippen MR) is 87.9 cm³/mol. The second kappa shape index (κ2) is 6.81. The molecule has 0 aliphatic heterocycles. The van der Waals surface area contributed by atoms with Crippen molar-refractivity contribution < 1.29 is 4.79 Å². The van der Waals surface area contributed by atoms with Gasteiger partial charge in [0.15, 0.2) is 8.68 Å². The van der Waals surface area contributed by atoms with Crippen LogP contribution < -0.4 is 5.32 Å². The van der Waals surface area contributed by atoms with Crippen molar-refractivity contribution in [3.8, 4) is 0 Å². The molecule has 1 fully saturated rings. The van der Waals surface area contributed by atoms with E-state index in [0.717, 1.165) is 27.1 Å². The molecule has 1 heterocycles. The lowest BCUT2D eigenvalue weighted by Gasteiger charge is -2.15. The van der Waals surface area contributed by atoms with Crippen molar-refractivity contribution in [3.05, 3.63) is 35.9 Å². The van der Waals surface area contributed by atoms with Crippen LogP contribution in [0.4, 0.5) is 0 Å². The first-order valence-corrected chi connectivity index (χ1v) is 9.58. The number of hydrogen-bond donors (Lipinski definition) is 1. The number of aromatic nitrogens is 2. The Kier molecular flexibility index (Phi) is 4.82. The van der Waals surface area contributed by atoms with Crippen LogP contribution in [0.3, 0.4) is 0 Å². The normalized spacial score (nSPS) is 15.7. The fourth-order valence-electron chi connectivity index (χ4n) is 1.83. The number of carbonyl (C=O) groups excluding carboxylic acids is 1. The number of thioether (sulfide) groups is 2. The summed E-state index contributed by atoms with van der Waals surface area (Å²) in [4.78, 5) is 12.5. The van der Waals surface area contributed by atoms with Crippen molar-refractivity contribution in [3.63, 3.8) is 0 Å². The Morgan fingerprint density at radius 3 is 2.62 bits per heavy atom. The molecule has 1 N–H and O–H groups in total. The molecule has 1 atom stereocenters. The maximum atomic E-state index is 12.5. The Labute approximate surface area is 136 Å². The maximum absolute atomic E-state index is 12.5. The molecule has 0 saturated heterocycles. The van der Waals surface area contributed by atoms with Gasteiger partial charge in [-0.25, -0.2) is 0 Å². The van der Waals surface area contributed by atoms with E-state index in [4.69, 9.17) is 0 Å². The Bertz CT molecular complexity index is 613. The number of hydrogen-bond acceptors (Lipinski definition) is 6. The van der Waals surface area contributed by atoms with Crippen molar-refractivity contribution >= 4 is 40.8 Å². The Hall–Kier alpha value is -1.05. The van der Waals surface area contributed by atoms with E-state index >= 15 is 0 Å². The smallest absolute Gasteiger partial charge is 0.238 e. The number of benzene rings is 1. The summed E-state index contributed by atoms with van der Waals surface area (Å²) in [5.41, 5.74) is 1.00. The third-order valence-electron chi connectivity index (χ3n) is 3.05. The van der Waals surface area contributed by atoms with Gasteiger partial charge in [-0.15, -0.1) is 10.2 Å². The molecule has 21 heavy (non-hydrogen) atoms. The molecule has 0 bridgehead atoms. The largest absolute Gasteiger partial charge is 0.352 e. The standard InChI is InChI=1S/C14H15N3OS3/c1-19-13-16-17-14(21-13)20-11(9-5-3-2-4-6-9)12(18)15-10-7-8-10/h2-6,10-11H,7-8H2,1H3,(H,15,18)/t11-/m0/s1.